The molecule has 2 amide bonds. The second-order valence-electron chi connectivity index (χ2n) is 8.06. The third-order valence-corrected chi connectivity index (χ3v) is 4.05. The molecule has 170 valence electrons. The van der Waals surface area contributed by atoms with Gasteiger partial charge in [0, 0.05) is 19.3 Å². The van der Waals surface area contributed by atoms with Crippen LogP contribution in [0.15, 0.2) is 30.3 Å². The van der Waals surface area contributed by atoms with E-state index in [4.69, 9.17) is 9.84 Å². The highest BCUT2D eigenvalue weighted by Gasteiger charge is 2.22. The SMILES string of the molecule is CC(C)(C)OC(=O)NCC(=O)CCC(=O)NC(Cc1ccccc1)C(=O)CCC(=O)O. The Kier molecular flexibility index (Phi) is 10.4. The molecule has 1 atom stereocenters. The number of benzene rings is 1. The van der Waals surface area contributed by atoms with Gasteiger partial charge in [0.1, 0.15) is 5.60 Å². The number of alkyl carbamates (subject to hydrolysis) is 1. The van der Waals surface area contributed by atoms with Crippen LogP contribution in [0, 0.1) is 0 Å². The molecule has 0 spiro atoms. The molecule has 0 aliphatic heterocycles. The van der Waals surface area contributed by atoms with Crippen LogP contribution in [0.1, 0.15) is 52.0 Å². The quantitative estimate of drug-likeness (QED) is 0.457. The summed E-state index contributed by atoms with van der Waals surface area (Å²) in [6.45, 7) is 4.82. The van der Waals surface area contributed by atoms with Crippen molar-refractivity contribution in [3.63, 3.8) is 0 Å². The molecule has 31 heavy (non-hydrogen) atoms. The molecule has 0 aliphatic carbocycles. The van der Waals surface area contributed by atoms with Crippen molar-refractivity contribution in [2.75, 3.05) is 6.54 Å². The summed E-state index contributed by atoms with van der Waals surface area (Å²) in [6, 6.07) is 8.13. The predicted molar refractivity (Wildman–Crippen MR) is 112 cm³/mol. The van der Waals surface area contributed by atoms with Crippen LogP contribution in [0.25, 0.3) is 0 Å². The Morgan fingerprint density at radius 1 is 0.968 bits per heavy atom. The highest BCUT2D eigenvalue weighted by atomic mass is 16.6. The largest absolute Gasteiger partial charge is 0.481 e. The molecule has 3 N–H and O–H groups in total. The van der Waals surface area contributed by atoms with Crippen LogP contribution < -0.4 is 10.6 Å². The molecule has 0 radical (unpaired) electrons. The molecule has 1 aromatic carbocycles. The normalized spacial score (nSPS) is 11.8. The summed E-state index contributed by atoms with van der Waals surface area (Å²) in [5, 5.41) is 13.7. The maximum absolute atomic E-state index is 12.4. The van der Waals surface area contributed by atoms with Crippen molar-refractivity contribution < 1.29 is 33.8 Å². The summed E-state index contributed by atoms with van der Waals surface area (Å²) >= 11 is 0. The first-order valence-corrected chi connectivity index (χ1v) is 10.0. The summed E-state index contributed by atoms with van der Waals surface area (Å²) < 4.78 is 5.03. The number of hydrogen-bond acceptors (Lipinski definition) is 6. The molecule has 1 unspecified atom stereocenters. The minimum absolute atomic E-state index is 0.122. The van der Waals surface area contributed by atoms with E-state index in [0.29, 0.717) is 0 Å². The number of rotatable bonds is 12. The molecular weight excluding hydrogens is 404 g/mol. The number of hydrogen-bond donors (Lipinski definition) is 3. The summed E-state index contributed by atoms with van der Waals surface area (Å²) in [5.41, 5.74) is 0.127. The molecule has 9 nitrogen and oxygen atoms in total. The Hall–Kier alpha value is -3.23. The number of carbonyl (C=O) groups is 5. The van der Waals surface area contributed by atoms with Gasteiger partial charge in [0.15, 0.2) is 11.6 Å². The van der Waals surface area contributed by atoms with Crippen LogP contribution >= 0.6 is 0 Å². The van der Waals surface area contributed by atoms with E-state index in [1.165, 1.54) is 0 Å². The number of Topliss-reactive ketones (excluding diaryl/α,β-unsaturated/α-hetero) is 2. The predicted octanol–water partition coefficient (Wildman–Crippen LogP) is 2.02. The van der Waals surface area contributed by atoms with Crippen molar-refractivity contribution in [2.24, 2.45) is 0 Å². The highest BCUT2D eigenvalue weighted by molar-refractivity contribution is 5.92. The third-order valence-electron chi connectivity index (χ3n) is 4.05. The highest BCUT2D eigenvalue weighted by Crippen LogP contribution is 2.08. The first kappa shape index (κ1) is 25.8. The van der Waals surface area contributed by atoms with Gasteiger partial charge in [0.25, 0.3) is 0 Å². The van der Waals surface area contributed by atoms with Crippen molar-refractivity contribution in [2.45, 2.75) is 64.5 Å². The smallest absolute Gasteiger partial charge is 0.408 e. The van der Waals surface area contributed by atoms with E-state index in [1.54, 1.807) is 45.0 Å². The molecule has 1 aromatic rings. The van der Waals surface area contributed by atoms with E-state index in [9.17, 15) is 24.0 Å². The Morgan fingerprint density at radius 3 is 2.19 bits per heavy atom. The number of carbonyl (C=O) groups excluding carboxylic acids is 4. The molecule has 0 heterocycles. The molecule has 1 rings (SSSR count). The fraction of sp³-hybridized carbons (Fsp3) is 0.500. The minimum atomic E-state index is -1.10. The number of ketones is 2. The number of amides is 2. The molecule has 0 fully saturated rings. The van der Waals surface area contributed by atoms with Crippen LogP contribution in [0.4, 0.5) is 4.79 Å². The van der Waals surface area contributed by atoms with Gasteiger partial charge in [0.2, 0.25) is 5.91 Å². The molecule has 0 bridgehead atoms. The summed E-state index contributed by atoms with van der Waals surface area (Å²) in [7, 11) is 0. The van der Waals surface area contributed by atoms with Gasteiger partial charge in [-0.2, -0.15) is 0 Å². The third kappa shape index (κ3) is 12.1. The topological polar surface area (TPSA) is 139 Å². The van der Waals surface area contributed by atoms with Crippen LogP contribution in [0.5, 0.6) is 0 Å². The van der Waals surface area contributed by atoms with Crippen LogP contribution in [0.2, 0.25) is 0 Å². The Balaban J connectivity index is 2.55. The zero-order valence-electron chi connectivity index (χ0n) is 18.1. The summed E-state index contributed by atoms with van der Waals surface area (Å²) in [5.74, 6) is -2.35. The van der Waals surface area contributed by atoms with Crippen LogP contribution in [-0.4, -0.2) is 52.8 Å². The number of carboxylic acids is 1. The lowest BCUT2D eigenvalue weighted by Crippen LogP contribution is -2.42. The lowest BCUT2D eigenvalue weighted by Gasteiger charge is -2.19. The van der Waals surface area contributed by atoms with Gasteiger partial charge in [-0.15, -0.1) is 0 Å². The molecule has 0 aliphatic rings. The Morgan fingerprint density at radius 2 is 1.61 bits per heavy atom. The van der Waals surface area contributed by atoms with Gasteiger partial charge >= 0.3 is 12.1 Å². The first-order chi connectivity index (χ1) is 14.5. The van der Waals surface area contributed by atoms with E-state index < -0.39 is 35.4 Å². The van der Waals surface area contributed by atoms with Gasteiger partial charge in [-0.1, -0.05) is 30.3 Å². The zero-order chi connectivity index (χ0) is 23.4. The number of aliphatic carboxylic acids is 1. The molecular formula is C22H30N2O7. The van der Waals surface area contributed by atoms with Gasteiger partial charge < -0.3 is 20.5 Å². The fourth-order valence-corrected chi connectivity index (χ4v) is 2.59. The summed E-state index contributed by atoms with van der Waals surface area (Å²) in [6.07, 6.45) is -1.31. The second-order valence-corrected chi connectivity index (χ2v) is 8.06. The lowest BCUT2D eigenvalue weighted by molar-refractivity contribution is -0.139. The van der Waals surface area contributed by atoms with Gasteiger partial charge in [0.05, 0.1) is 19.0 Å². The lowest BCUT2D eigenvalue weighted by atomic mass is 9.99. The average Bonchev–Trinajstić information content (AvgIpc) is 2.68. The molecule has 0 saturated heterocycles. The maximum Gasteiger partial charge on any atom is 0.408 e. The van der Waals surface area contributed by atoms with Crippen molar-refractivity contribution >= 4 is 29.5 Å². The standard InChI is InChI=1S/C22H30N2O7/c1-22(2,3)31-21(30)23-14-16(25)9-11-19(27)24-17(18(26)10-12-20(28)29)13-15-7-5-4-6-8-15/h4-8,17H,9-14H2,1-3H3,(H,23,30)(H,24,27)(H,28,29). The monoisotopic (exact) mass is 434 g/mol. The van der Waals surface area contributed by atoms with E-state index in [1.807, 2.05) is 6.07 Å². The number of carboxylic acid groups (broad SMARTS) is 1. The number of ether oxygens (including phenoxy) is 1. The second kappa shape index (κ2) is 12.5. The maximum atomic E-state index is 12.4. The van der Waals surface area contributed by atoms with Crippen molar-refractivity contribution in [3.05, 3.63) is 35.9 Å². The molecule has 0 saturated carbocycles. The van der Waals surface area contributed by atoms with E-state index >= 15 is 0 Å². The van der Waals surface area contributed by atoms with Crippen molar-refractivity contribution in [1.82, 2.24) is 10.6 Å². The number of nitrogens with one attached hydrogen (secondary N) is 2. The van der Waals surface area contributed by atoms with Gasteiger partial charge in [-0.05, 0) is 32.8 Å². The fourth-order valence-electron chi connectivity index (χ4n) is 2.59. The van der Waals surface area contributed by atoms with E-state index in [2.05, 4.69) is 10.6 Å². The van der Waals surface area contributed by atoms with Gasteiger partial charge in [-0.3, -0.25) is 19.2 Å². The Labute approximate surface area is 181 Å². The molecule has 0 aromatic heterocycles. The van der Waals surface area contributed by atoms with Crippen molar-refractivity contribution in [1.29, 1.82) is 0 Å². The van der Waals surface area contributed by atoms with Gasteiger partial charge in [-0.25, -0.2) is 4.79 Å². The minimum Gasteiger partial charge on any atom is -0.481 e. The zero-order valence-corrected chi connectivity index (χ0v) is 18.1. The average molecular weight is 434 g/mol. The van der Waals surface area contributed by atoms with Crippen LogP contribution in [-0.2, 0) is 30.3 Å². The van der Waals surface area contributed by atoms with Crippen LogP contribution in [0.3, 0.4) is 0 Å². The Bertz CT molecular complexity index is 785. The van der Waals surface area contributed by atoms with Crippen molar-refractivity contribution in [3.8, 4) is 0 Å². The summed E-state index contributed by atoms with van der Waals surface area (Å²) in [4.78, 5) is 58.9. The first-order valence-electron chi connectivity index (χ1n) is 10.0. The van der Waals surface area contributed by atoms with E-state index in [0.717, 1.165) is 5.56 Å². The van der Waals surface area contributed by atoms with E-state index in [-0.39, 0.29) is 44.4 Å². The molecule has 9 heteroatoms.